The maximum absolute atomic E-state index is 8.21. The van der Waals surface area contributed by atoms with Crippen LogP contribution in [0.15, 0.2) is 18.4 Å². The summed E-state index contributed by atoms with van der Waals surface area (Å²) in [5.41, 5.74) is 2.49. The zero-order chi connectivity index (χ0) is 7.11. The minimum absolute atomic E-state index is 0.427. The van der Waals surface area contributed by atoms with E-state index in [4.69, 9.17) is 10.5 Å². The Morgan fingerprint density at radius 3 is 2.33 bits per heavy atom. The molecule has 0 rings (SSSR count). The smallest absolute Gasteiger partial charge is 0.137 e. The van der Waals surface area contributed by atoms with Crippen LogP contribution in [-0.2, 0) is 0 Å². The summed E-state index contributed by atoms with van der Waals surface area (Å²) >= 11 is 0. The van der Waals surface area contributed by atoms with Crippen molar-refractivity contribution in [2.24, 2.45) is 5.92 Å². The summed E-state index contributed by atoms with van der Waals surface area (Å²) in [5.74, 6) is -0.542. The Bertz CT molecular complexity index is 184. The van der Waals surface area contributed by atoms with Crippen LogP contribution in [0.5, 0.6) is 0 Å². The monoisotopic (exact) mass is 118 g/mol. The first-order valence-electron chi connectivity index (χ1n) is 2.48. The van der Waals surface area contributed by atoms with Crippen molar-refractivity contribution in [3.63, 3.8) is 0 Å². The number of rotatable bonds is 2. The van der Waals surface area contributed by atoms with Gasteiger partial charge in [-0.15, -0.1) is 5.73 Å². The molecule has 2 heteroatoms. The van der Waals surface area contributed by atoms with E-state index in [0.717, 1.165) is 0 Å². The quantitative estimate of drug-likeness (QED) is 0.514. The molecule has 0 aromatic carbocycles. The molecule has 0 amide bonds. The van der Waals surface area contributed by atoms with Gasteiger partial charge in [0.1, 0.15) is 5.92 Å². The van der Waals surface area contributed by atoms with Crippen molar-refractivity contribution in [3.8, 4) is 12.1 Å². The van der Waals surface area contributed by atoms with Gasteiger partial charge in [0.05, 0.1) is 12.1 Å². The van der Waals surface area contributed by atoms with Crippen molar-refractivity contribution in [2.75, 3.05) is 0 Å². The maximum Gasteiger partial charge on any atom is 0.137 e. The van der Waals surface area contributed by atoms with Crippen molar-refractivity contribution >= 4 is 0 Å². The number of hydrogen-bond acceptors (Lipinski definition) is 2. The fourth-order valence-corrected chi connectivity index (χ4v) is 0.335. The Kier molecular flexibility index (Phi) is 3.88. The lowest BCUT2D eigenvalue weighted by molar-refractivity contribution is 0.864. The van der Waals surface area contributed by atoms with Crippen molar-refractivity contribution in [1.82, 2.24) is 0 Å². The van der Waals surface area contributed by atoms with E-state index in [1.165, 1.54) is 0 Å². The second-order valence-corrected chi connectivity index (χ2v) is 1.45. The summed E-state index contributed by atoms with van der Waals surface area (Å²) < 4.78 is 0. The fourth-order valence-electron chi connectivity index (χ4n) is 0.335. The van der Waals surface area contributed by atoms with Crippen molar-refractivity contribution in [3.05, 3.63) is 18.4 Å². The molecule has 9 heavy (non-hydrogen) atoms. The van der Waals surface area contributed by atoms with Gasteiger partial charge in [-0.3, -0.25) is 0 Å². The second-order valence-electron chi connectivity index (χ2n) is 1.45. The van der Waals surface area contributed by atoms with Crippen LogP contribution in [0.3, 0.4) is 0 Å². The third kappa shape index (κ3) is 3.12. The molecule has 0 bridgehead atoms. The van der Waals surface area contributed by atoms with Crippen molar-refractivity contribution in [2.45, 2.75) is 6.42 Å². The highest BCUT2D eigenvalue weighted by Crippen LogP contribution is 1.98. The standard InChI is InChI=1S/C7H6N2/c1-2-3-4-7(5-8)6-9/h3,7H,1,4H2. The highest BCUT2D eigenvalue weighted by atomic mass is 14.3. The summed E-state index contributed by atoms with van der Waals surface area (Å²) in [6.07, 6.45) is 2.01. The molecule has 0 aliphatic carbocycles. The summed E-state index contributed by atoms with van der Waals surface area (Å²) in [6, 6.07) is 3.65. The predicted molar refractivity (Wildman–Crippen MR) is 33.0 cm³/mol. The van der Waals surface area contributed by atoms with Gasteiger partial charge in [-0.05, 0) is 6.08 Å². The number of hydrogen-bond donors (Lipinski definition) is 0. The van der Waals surface area contributed by atoms with E-state index in [2.05, 4.69) is 12.3 Å². The average molecular weight is 118 g/mol. The van der Waals surface area contributed by atoms with E-state index >= 15 is 0 Å². The first kappa shape index (κ1) is 7.50. The molecule has 0 unspecified atom stereocenters. The first-order chi connectivity index (χ1) is 4.35. The van der Waals surface area contributed by atoms with E-state index in [-0.39, 0.29) is 0 Å². The third-order valence-electron chi connectivity index (χ3n) is 0.810. The maximum atomic E-state index is 8.21. The minimum atomic E-state index is -0.542. The molecule has 0 heterocycles. The molecule has 44 valence electrons. The first-order valence-corrected chi connectivity index (χ1v) is 2.48. The summed E-state index contributed by atoms with van der Waals surface area (Å²) in [6.45, 7) is 3.30. The van der Waals surface area contributed by atoms with Crippen LogP contribution in [0.1, 0.15) is 6.42 Å². The third-order valence-corrected chi connectivity index (χ3v) is 0.810. The van der Waals surface area contributed by atoms with Gasteiger partial charge in [0, 0.05) is 6.42 Å². The lowest BCUT2D eigenvalue weighted by atomic mass is 10.1. The molecular formula is C7H6N2. The summed E-state index contributed by atoms with van der Waals surface area (Å²) in [5, 5.41) is 16.4. The molecule has 0 aromatic rings. The number of nitriles is 2. The fraction of sp³-hybridized carbons (Fsp3) is 0.286. The molecule has 0 saturated carbocycles. The molecule has 0 spiro atoms. The van der Waals surface area contributed by atoms with Gasteiger partial charge >= 0.3 is 0 Å². The van der Waals surface area contributed by atoms with E-state index < -0.39 is 5.92 Å². The van der Waals surface area contributed by atoms with Crippen LogP contribution >= 0.6 is 0 Å². The van der Waals surface area contributed by atoms with Crippen molar-refractivity contribution in [1.29, 1.82) is 10.5 Å². The molecule has 2 nitrogen and oxygen atoms in total. The van der Waals surface area contributed by atoms with Crippen LogP contribution in [0, 0.1) is 28.6 Å². The topological polar surface area (TPSA) is 47.6 Å². The normalized spacial score (nSPS) is 7.00. The Hall–Kier alpha value is -1.50. The molecule has 0 fully saturated rings. The lowest BCUT2D eigenvalue weighted by Gasteiger charge is -1.86. The largest absolute Gasteiger partial charge is 0.197 e. The van der Waals surface area contributed by atoms with Gasteiger partial charge in [-0.25, -0.2) is 0 Å². The van der Waals surface area contributed by atoms with Gasteiger partial charge in [-0.1, -0.05) is 6.58 Å². The van der Waals surface area contributed by atoms with Crippen LogP contribution in [0.25, 0.3) is 0 Å². The van der Waals surface area contributed by atoms with Crippen LogP contribution in [-0.4, -0.2) is 0 Å². The van der Waals surface area contributed by atoms with E-state index in [1.807, 2.05) is 12.1 Å². The molecule has 0 aliphatic heterocycles. The lowest BCUT2D eigenvalue weighted by Crippen LogP contribution is -1.87. The number of nitrogens with zero attached hydrogens (tertiary/aromatic N) is 2. The molecule has 0 aliphatic rings. The SMILES string of the molecule is C=C=CCC(C#N)C#N. The van der Waals surface area contributed by atoms with Crippen molar-refractivity contribution < 1.29 is 0 Å². The Morgan fingerprint density at radius 1 is 1.44 bits per heavy atom. The highest BCUT2D eigenvalue weighted by Gasteiger charge is 1.99. The van der Waals surface area contributed by atoms with Gasteiger partial charge in [0.25, 0.3) is 0 Å². The Morgan fingerprint density at radius 2 is 2.00 bits per heavy atom. The van der Waals surface area contributed by atoms with Gasteiger partial charge in [0.2, 0.25) is 0 Å². The molecule has 0 aromatic heterocycles. The summed E-state index contributed by atoms with van der Waals surface area (Å²) in [4.78, 5) is 0. The second kappa shape index (κ2) is 4.65. The molecule has 0 saturated heterocycles. The van der Waals surface area contributed by atoms with E-state index in [9.17, 15) is 0 Å². The average Bonchev–Trinajstić information content (AvgIpc) is 1.91. The number of allylic oxidation sites excluding steroid dienone is 1. The summed E-state index contributed by atoms with van der Waals surface area (Å²) in [7, 11) is 0. The Labute approximate surface area is 54.3 Å². The van der Waals surface area contributed by atoms with Gasteiger partial charge in [0.15, 0.2) is 0 Å². The van der Waals surface area contributed by atoms with Gasteiger partial charge < -0.3 is 0 Å². The van der Waals surface area contributed by atoms with Crippen LogP contribution in [0.4, 0.5) is 0 Å². The molecule has 0 radical (unpaired) electrons. The van der Waals surface area contributed by atoms with E-state index in [1.54, 1.807) is 6.08 Å². The zero-order valence-corrected chi connectivity index (χ0v) is 4.96. The zero-order valence-electron chi connectivity index (χ0n) is 4.96. The highest BCUT2D eigenvalue weighted by molar-refractivity contribution is 5.02. The molecule has 0 N–H and O–H groups in total. The molecular weight excluding hydrogens is 112 g/mol. The van der Waals surface area contributed by atoms with Crippen LogP contribution < -0.4 is 0 Å². The van der Waals surface area contributed by atoms with E-state index in [0.29, 0.717) is 6.42 Å². The predicted octanol–water partition coefficient (Wildman–Crippen LogP) is 1.38. The minimum Gasteiger partial charge on any atom is -0.197 e. The molecule has 0 atom stereocenters. The van der Waals surface area contributed by atoms with Gasteiger partial charge in [-0.2, -0.15) is 10.5 Å². The van der Waals surface area contributed by atoms with Crippen LogP contribution in [0.2, 0.25) is 0 Å². The Balaban J connectivity index is 3.77.